The number of benzene rings is 1. The zero-order valence-electron chi connectivity index (χ0n) is 14.8. The molecule has 1 aliphatic carbocycles. The Bertz CT molecular complexity index is 866. The first-order valence-corrected chi connectivity index (χ1v) is 9.36. The van der Waals surface area contributed by atoms with Crippen LogP contribution in [-0.4, -0.2) is 35.8 Å². The summed E-state index contributed by atoms with van der Waals surface area (Å²) in [6.07, 6.45) is 3.88. The molecule has 1 aliphatic rings. The van der Waals surface area contributed by atoms with Gasteiger partial charge in [-0.15, -0.1) is 0 Å². The van der Waals surface area contributed by atoms with Gasteiger partial charge >= 0.3 is 5.69 Å². The number of ether oxygens (including phenoxy) is 2. The van der Waals surface area contributed by atoms with Crippen molar-refractivity contribution in [2.75, 3.05) is 25.3 Å². The highest BCUT2D eigenvalue weighted by Crippen LogP contribution is 2.30. The second-order valence-electron chi connectivity index (χ2n) is 5.91. The molecule has 0 fully saturated rings. The maximum absolute atomic E-state index is 12.3. The molecule has 2 aromatic rings. The van der Waals surface area contributed by atoms with E-state index >= 15 is 0 Å². The van der Waals surface area contributed by atoms with Gasteiger partial charge in [0.1, 0.15) is 16.5 Å². The van der Waals surface area contributed by atoms with Crippen molar-refractivity contribution >= 4 is 23.4 Å². The van der Waals surface area contributed by atoms with Crippen LogP contribution in [0.3, 0.4) is 0 Å². The molecule has 0 saturated carbocycles. The number of amides is 1. The van der Waals surface area contributed by atoms with Crippen molar-refractivity contribution in [1.82, 2.24) is 9.97 Å². The molecule has 1 amide bonds. The summed E-state index contributed by atoms with van der Waals surface area (Å²) in [5.74, 6) is 1.14. The Labute approximate surface area is 155 Å². The van der Waals surface area contributed by atoms with Gasteiger partial charge in [-0.3, -0.25) is 4.79 Å². The van der Waals surface area contributed by atoms with Gasteiger partial charge in [0.15, 0.2) is 0 Å². The topological polar surface area (TPSA) is 93.3 Å². The van der Waals surface area contributed by atoms with Crippen molar-refractivity contribution in [3.05, 3.63) is 39.9 Å². The Balaban J connectivity index is 1.69. The first kappa shape index (κ1) is 18.3. The van der Waals surface area contributed by atoms with E-state index in [2.05, 4.69) is 15.3 Å². The quantitative estimate of drug-likeness (QED) is 0.595. The number of aromatic amines is 1. The summed E-state index contributed by atoms with van der Waals surface area (Å²) in [4.78, 5) is 30.9. The molecule has 26 heavy (non-hydrogen) atoms. The number of rotatable bonds is 6. The number of thioether (sulfide) groups is 1. The Kier molecular flexibility index (Phi) is 5.82. The number of aromatic nitrogens is 2. The smallest absolute Gasteiger partial charge is 0.346 e. The molecule has 1 aromatic heterocycles. The van der Waals surface area contributed by atoms with Crippen molar-refractivity contribution in [2.24, 2.45) is 0 Å². The average molecular weight is 375 g/mol. The number of H-pyrrole nitrogens is 1. The highest BCUT2D eigenvalue weighted by molar-refractivity contribution is 8.00. The molecule has 7 nitrogen and oxygen atoms in total. The summed E-state index contributed by atoms with van der Waals surface area (Å²) in [6.45, 7) is 0. The fraction of sp³-hybridized carbons (Fsp3) is 0.389. The number of methoxy groups -OCH3 is 2. The third-order valence-corrected chi connectivity index (χ3v) is 5.23. The fourth-order valence-electron chi connectivity index (χ4n) is 2.94. The van der Waals surface area contributed by atoms with Gasteiger partial charge in [-0.25, -0.2) is 4.79 Å². The van der Waals surface area contributed by atoms with Crippen LogP contribution in [0.4, 0.5) is 5.69 Å². The zero-order chi connectivity index (χ0) is 18.5. The number of hydrogen-bond acceptors (Lipinski definition) is 6. The number of carbonyl (C=O) groups is 1. The van der Waals surface area contributed by atoms with Crippen molar-refractivity contribution in [2.45, 2.75) is 30.7 Å². The van der Waals surface area contributed by atoms with Crippen molar-refractivity contribution in [3.63, 3.8) is 0 Å². The molecule has 2 N–H and O–H groups in total. The van der Waals surface area contributed by atoms with Crippen LogP contribution >= 0.6 is 11.8 Å². The lowest BCUT2D eigenvalue weighted by molar-refractivity contribution is -0.113. The molecule has 0 unspecified atom stereocenters. The van der Waals surface area contributed by atoms with Crippen molar-refractivity contribution in [1.29, 1.82) is 0 Å². The van der Waals surface area contributed by atoms with Crippen LogP contribution in [0.25, 0.3) is 0 Å². The van der Waals surface area contributed by atoms with Gasteiger partial charge in [0, 0.05) is 17.3 Å². The maximum atomic E-state index is 12.3. The molecule has 0 bridgehead atoms. The molecule has 0 aliphatic heterocycles. The molecule has 138 valence electrons. The third kappa shape index (κ3) is 4.19. The predicted molar refractivity (Wildman–Crippen MR) is 100 cm³/mol. The summed E-state index contributed by atoms with van der Waals surface area (Å²) in [5, 5.41) is 3.48. The minimum Gasteiger partial charge on any atom is -0.497 e. The molecule has 0 spiro atoms. The molecule has 8 heteroatoms. The Morgan fingerprint density at radius 2 is 2.08 bits per heavy atom. The number of carbonyl (C=O) groups excluding carboxylic acids is 1. The van der Waals surface area contributed by atoms with Crippen molar-refractivity contribution in [3.8, 4) is 11.5 Å². The number of aryl methyl sites for hydroxylation is 1. The predicted octanol–water partition coefficient (Wildman–Crippen LogP) is 2.40. The summed E-state index contributed by atoms with van der Waals surface area (Å²) in [5.41, 5.74) is 2.23. The Morgan fingerprint density at radius 1 is 1.27 bits per heavy atom. The standard InChI is InChI=1S/C18H21N3O4S/c1-24-11-7-8-14(15(9-11)25-2)19-16(22)10-26-17-12-5-3-4-6-13(12)20-18(23)21-17/h7-9H,3-6,10H2,1-2H3,(H,19,22)(H,20,21,23). The maximum Gasteiger partial charge on any atom is 0.346 e. The van der Waals surface area contributed by atoms with E-state index in [1.165, 1.54) is 18.9 Å². The number of anilines is 1. The van der Waals surface area contributed by atoms with E-state index in [9.17, 15) is 9.59 Å². The van der Waals surface area contributed by atoms with E-state index in [4.69, 9.17) is 9.47 Å². The van der Waals surface area contributed by atoms with Crippen LogP contribution in [0.5, 0.6) is 11.5 Å². The van der Waals surface area contributed by atoms with E-state index in [1.54, 1.807) is 25.3 Å². The summed E-state index contributed by atoms with van der Waals surface area (Å²) in [6, 6.07) is 5.19. The summed E-state index contributed by atoms with van der Waals surface area (Å²) in [7, 11) is 3.10. The van der Waals surface area contributed by atoms with E-state index in [0.29, 0.717) is 22.2 Å². The second kappa shape index (κ2) is 8.27. The van der Waals surface area contributed by atoms with Crippen LogP contribution in [0.15, 0.2) is 28.0 Å². The van der Waals surface area contributed by atoms with Gasteiger partial charge in [-0.1, -0.05) is 11.8 Å². The summed E-state index contributed by atoms with van der Waals surface area (Å²) < 4.78 is 10.4. The minimum absolute atomic E-state index is 0.165. The van der Waals surface area contributed by atoms with E-state index in [-0.39, 0.29) is 17.3 Å². The molecular weight excluding hydrogens is 354 g/mol. The molecule has 1 heterocycles. The van der Waals surface area contributed by atoms with Crippen LogP contribution < -0.4 is 20.5 Å². The van der Waals surface area contributed by atoms with Gasteiger partial charge < -0.3 is 19.8 Å². The normalized spacial score (nSPS) is 13.0. The van der Waals surface area contributed by atoms with Crippen molar-refractivity contribution < 1.29 is 14.3 Å². The van der Waals surface area contributed by atoms with Crippen LogP contribution in [0, 0.1) is 0 Å². The molecule has 0 saturated heterocycles. The fourth-order valence-corrected chi connectivity index (χ4v) is 3.82. The van der Waals surface area contributed by atoms with Gasteiger partial charge in [0.25, 0.3) is 0 Å². The van der Waals surface area contributed by atoms with Crippen LogP contribution in [-0.2, 0) is 17.6 Å². The van der Waals surface area contributed by atoms with Crippen LogP contribution in [0.2, 0.25) is 0 Å². The average Bonchev–Trinajstić information content (AvgIpc) is 2.66. The molecule has 1 aromatic carbocycles. The SMILES string of the molecule is COc1ccc(NC(=O)CSc2nc(=O)[nH]c3c2CCCC3)c(OC)c1. The Morgan fingerprint density at radius 3 is 2.85 bits per heavy atom. The highest BCUT2D eigenvalue weighted by atomic mass is 32.2. The lowest BCUT2D eigenvalue weighted by Gasteiger charge is -2.17. The van der Waals surface area contributed by atoms with E-state index < -0.39 is 0 Å². The molecule has 3 rings (SSSR count). The molecule has 0 radical (unpaired) electrons. The van der Waals surface area contributed by atoms with Gasteiger partial charge in [0.2, 0.25) is 5.91 Å². The first-order valence-electron chi connectivity index (χ1n) is 8.37. The van der Waals surface area contributed by atoms with E-state index in [1.807, 2.05) is 0 Å². The Hall–Kier alpha value is -2.48. The number of nitrogens with zero attached hydrogens (tertiary/aromatic N) is 1. The monoisotopic (exact) mass is 375 g/mol. The number of hydrogen-bond donors (Lipinski definition) is 2. The zero-order valence-corrected chi connectivity index (χ0v) is 15.6. The number of nitrogens with one attached hydrogen (secondary N) is 2. The lowest BCUT2D eigenvalue weighted by atomic mass is 9.98. The first-order chi connectivity index (χ1) is 12.6. The summed E-state index contributed by atoms with van der Waals surface area (Å²) >= 11 is 1.29. The van der Waals surface area contributed by atoms with Crippen LogP contribution in [0.1, 0.15) is 24.1 Å². The van der Waals surface area contributed by atoms with E-state index in [0.717, 1.165) is 36.9 Å². The lowest BCUT2D eigenvalue weighted by Crippen LogP contribution is -2.21. The van der Waals surface area contributed by atoms with Gasteiger partial charge in [-0.05, 0) is 37.8 Å². The van der Waals surface area contributed by atoms with Gasteiger partial charge in [-0.2, -0.15) is 4.98 Å². The largest absolute Gasteiger partial charge is 0.497 e. The second-order valence-corrected chi connectivity index (χ2v) is 6.88. The molecular formula is C18H21N3O4S. The third-order valence-electron chi connectivity index (χ3n) is 4.21. The van der Waals surface area contributed by atoms with Gasteiger partial charge in [0.05, 0.1) is 25.7 Å². The minimum atomic E-state index is -0.356. The number of fused-ring (bicyclic) bond motifs is 1. The highest BCUT2D eigenvalue weighted by Gasteiger charge is 2.18. The molecule has 0 atom stereocenters.